The maximum atomic E-state index is 4.00. The molecule has 39 heavy (non-hydrogen) atoms. The van der Waals surface area contributed by atoms with Crippen molar-refractivity contribution in [2.75, 3.05) is 13.1 Å². The van der Waals surface area contributed by atoms with Gasteiger partial charge in [0.25, 0.3) is 0 Å². The Hall–Kier alpha value is 0.216. The summed E-state index contributed by atoms with van der Waals surface area (Å²) in [5.41, 5.74) is 3.32. The van der Waals surface area contributed by atoms with E-state index in [1.165, 1.54) is 57.8 Å². The number of hydrogen-bond acceptors (Lipinski definition) is 2. The van der Waals surface area contributed by atoms with Crippen molar-refractivity contribution in [3.05, 3.63) is 53.6 Å². The normalized spacial score (nSPS) is 22.4. The molecule has 0 saturated carbocycles. The Kier molecular flexibility index (Phi) is 13.3. The second-order valence-electron chi connectivity index (χ2n) is 14.8. The van der Waals surface area contributed by atoms with Gasteiger partial charge in [0.1, 0.15) is 0 Å². The predicted octanol–water partition coefficient (Wildman–Crippen LogP) is 8.29. The molecule has 4 rings (SSSR count). The van der Waals surface area contributed by atoms with Crippen LogP contribution in [0.2, 0.25) is 19.6 Å². The summed E-state index contributed by atoms with van der Waals surface area (Å²) < 4.78 is 0. The van der Waals surface area contributed by atoms with Gasteiger partial charge in [0.15, 0.2) is 0 Å². The van der Waals surface area contributed by atoms with Gasteiger partial charge in [-0.05, 0) is 49.1 Å². The summed E-state index contributed by atoms with van der Waals surface area (Å²) in [6.45, 7) is 24.8. The first kappa shape index (κ1) is 35.4. The van der Waals surface area contributed by atoms with Gasteiger partial charge in [-0.3, -0.25) is 0 Å². The van der Waals surface area contributed by atoms with E-state index in [2.05, 4.69) is 93.2 Å². The van der Waals surface area contributed by atoms with Gasteiger partial charge in [0, 0.05) is 17.2 Å². The molecule has 2 saturated heterocycles. The summed E-state index contributed by atoms with van der Waals surface area (Å²) >= 11 is 0. The molecule has 3 unspecified atom stereocenters. The van der Waals surface area contributed by atoms with E-state index >= 15 is 0 Å². The van der Waals surface area contributed by atoms with Crippen LogP contribution in [0.15, 0.2) is 42.5 Å². The Morgan fingerprint density at radius 3 is 1.69 bits per heavy atom. The molecule has 222 valence electrons. The maximum absolute atomic E-state index is 4.00. The first-order valence-electron chi connectivity index (χ1n) is 15.2. The summed E-state index contributed by atoms with van der Waals surface area (Å²) in [6, 6.07) is 16.4. The zero-order valence-electron chi connectivity index (χ0n) is 26.4. The van der Waals surface area contributed by atoms with Crippen molar-refractivity contribution in [2.45, 2.75) is 133 Å². The standard InChI is InChI=1S/C28H53N2P2Si.C5H5.Fe/c1-26(2,3)32(27(4,5)6)20-21-18-22(33(7,8)9)19-23(21)28(31,24-14-10-12-16-29-24)25-15-11-13-17-30-25;1-2-4-5-3-1;/h18-19,24-25,29-30H,10-17,20,31H2,1-9H3;1-5H;/q2*-1;+2. The van der Waals surface area contributed by atoms with E-state index in [-0.39, 0.29) is 30.1 Å². The fraction of sp³-hybridized carbons (Fsp3) is 0.697. The van der Waals surface area contributed by atoms with Crippen molar-refractivity contribution in [2.24, 2.45) is 0 Å². The molecule has 3 atom stereocenters. The van der Waals surface area contributed by atoms with Crippen molar-refractivity contribution in [1.82, 2.24) is 10.6 Å². The molecule has 0 amide bonds. The molecule has 6 heteroatoms. The predicted molar refractivity (Wildman–Crippen MR) is 180 cm³/mol. The van der Waals surface area contributed by atoms with Gasteiger partial charge in [-0.1, -0.05) is 80.2 Å². The number of rotatable bonds is 6. The van der Waals surface area contributed by atoms with Gasteiger partial charge in [0.2, 0.25) is 0 Å². The van der Waals surface area contributed by atoms with Crippen LogP contribution in [-0.2, 0) is 28.4 Å². The smallest absolute Gasteiger partial charge is 0.313 e. The third-order valence-corrected chi connectivity index (χ3v) is 15.6. The van der Waals surface area contributed by atoms with Crippen LogP contribution in [0.5, 0.6) is 0 Å². The molecule has 2 aliphatic heterocycles. The van der Waals surface area contributed by atoms with E-state index in [1.54, 1.807) is 16.3 Å². The van der Waals surface area contributed by atoms with E-state index in [4.69, 9.17) is 0 Å². The van der Waals surface area contributed by atoms with Gasteiger partial charge in [-0.25, -0.2) is 18.2 Å². The summed E-state index contributed by atoms with van der Waals surface area (Å²) in [7, 11) is 1.89. The molecule has 0 bridgehead atoms. The largest absolute Gasteiger partial charge is 2.00 e. The summed E-state index contributed by atoms with van der Waals surface area (Å²) in [4.78, 5) is 0. The molecule has 2 N–H and O–H groups in total. The minimum Gasteiger partial charge on any atom is -0.313 e. The Bertz CT molecular complexity index is 904. The summed E-state index contributed by atoms with van der Waals surface area (Å²) in [5.74, 6) is 0. The molecule has 0 aliphatic carbocycles. The topological polar surface area (TPSA) is 24.1 Å². The molecule has 0 aromatic heterocycles. The van der Waals surface area contributed by atoms with Gasteiger partial charge in [-0.15, -0.1) is 17.2 Å². The Balaban J connectivity index is 0.000000797. The minimum atomic E-state index is -1.41. The molecular weight excluding hydrogens is 570 g/mol. The molecule has 2 aromatic rings. The zero-order chi connectivity index (χ0) is 28.2. The van der Waals surface area contributed by atoms with Gasteiger partial charge in [-0.2, -0.15) is 40.6 Å². The monoisotopic (exact) mass is 628 g/mol. The average molecular weight is 629 g/mol. The fourth-order valence-corrected chi connectivity index (χ4v) is 12.2. The Labute approximate surface area is 257 Å². The third kappa shape index (κ3) is 9.35. The molecule has 2 heterocycles. The molecule has 0 radical (unpaired) electrons. The minimum absolute atomic E-state index is 0. The second kappa shape index (κ2) is 14.6. The third-order valence-electron chi connectivity index (χ3n) is 8.59. The van der Waals surface area contributed by atoms with Crippen molar-refractivity contribution >= 4 is 30.4 Å². The van der Waals surface area contributed by atoms with E-state index in [1.807, 2.05) is 30.3 Å². The maximum Gasteiger partial charge on any atom is 2.00 e. The van der Waals surface area contributed by atoms with Gasteiger partial charge in [0.05, 0.1) is 8.07 Å². The van der Waals surface area contributed by atoms with Crippen LogP contribution in [0.3, 0.4) is 0 Å². The second-order valence-corrected chi connectivity index (χ2v) is 24.6. The Morgan fingerprint density at radius 2 is 1.36 bits per heavy atom. The first-order valence-corrected chi connectivity index (χ1v) is 20.8. The average Bonchev–Trinajstić information content (AvgIpc) is 3.55. The molecule has 0 spiro atoms. The van der Waals surface area contributed by atoms with Crippen molar-refractivity contribution < 1.29 is 17.1 Å². The quantitative estimate of drug-likeness (QED) is 0.191. The Morgan fingerprint density at radius 1 is 0.872 bits per heavy atom. The SMILES string of the molecule is CC(C)(C)P(Cc1cc([Si](C)(C)C)[cH-]c1C(P)(C1CCCCN1)C1CCCCN1)C(C)(C)C.[Fe+2].c1cc[cH-]c1. The fourth-order valence-electron chi connectivity index (χ4n) is 6.63. The van der Waals surface area contributed by atoms with Crippen molar-refractivity contribution in [1.29, 1.82) is 0 Å². The number of piperidine rings is 2. The van der Waals surface area contributed by atoms with Gasteiger partial charge < -0.3 is 10.6 Å². The molecule has 2 aromatic carbocycles. The van der Waals surface area contributed by atoms with Crippen LogP contribution in [-0.4, -0.2) is 43.6 Å². The zero-order valence-corrected chi connectivity index (χ0v) is 30.6. The van der Waals surface area contributed by atoms with Crippen LogP contribution < -0.4 is 15.8 Å². The summed E-state index contributed by atoms with van der Waals surface area (Å²) in [5, 5.41) is 10.4. The van der Waals surface area contributed by atoms with Crippen LogP contribution in [0.4, 0.5) is 0 Å². The van der Waals surface area contributed by atoms with E-state index in [0.717, 1.165) is 0 Å². The molecular formula is C33H58FeN2P2Si. The van der Waals surface area contributed by atoms with Crippen molar-refractivity contribution in [3.8, 4) is 0 Å². The first-order chi connectivity index (χ1) is 17.6. The number of hydrogen-bond donors (Lipinski definition) is 2. The van der Waals surface area contributed by atoms with Crippen LogP contribution >= 0.6 is 17.2 Å². The summed E-state index contributed by atoms with van der Waals surface area (Å²) in [6.07, 6.45) is 9.19. The molecule has 2 aliphatic rings. The van der Waals surface area contributed by atoms with Crippen LogP contribution in [0.25, 0.3) is 0 Å². The van der Waals surface area contributed by atoms with Crippen LogP contribution in [0.1, 0.15) is 91.2 Å². The van der Waals surface area contributed by atoms with Gasteiger partial charge >= 0.3 is 17.1 Å². The van der Waals surface area contributed by atoms with E-state index < -0.39 is 8.07 Å². The van der Waals surface area contributed by atoms with E-state index in [9.17, 15) is 0 Å². The molecule has 2 fully saturated rings. The van der Waals surface area contributed by atoms with Crippen LogP contribution in [0, 0.1) is 0 Å². The van der Waals surface area contributed by atoms with Crippen molar-refractivity contribution in [3.63, 3.8) is 0 Å². The van der Waals surface area contributed by atoms with E-state index in [0.29, 0.717) is 22.4 Å². The number of nitrogens with one attached hydrogen (secondary N) is 2. The molecule has 2 nitrogen and oxygen atoms in total.